The number of halogens is 3. The second kappa shape index (κ2) is 11.0. The van der Waals surface area contributed by atoms with E-state index >= 15 is 4.39 Å². The van der Waals surface area contributed by atoms with Gasteiger partial charge < -0.3 is 15.5 Å². The summed E-state index contributed by atoms with van der Waals surface area (Å²) >= 11 is 5.89. The van der Waals surface area contributed by atoms with E-state index in [9.17, 15) is 23.6 Å². The Kier molecular flexibility index (Phi) is 7.67. The number of hydrogen-bond acceptors (Lipinski definition) is 4. The van der Waals surface area contributed by atoms with Crippen molar-refractivity contribution in [1.82, 2.24) is 19.4 Å². The topological polar surface area (TPSA) is 105 Å². The molecule has 0 unspecified atom stereocenters. The van der Waals surface area contributed by atoms with Crippen molar-refractivity contribution >= 4 is 40.1 Å². The highest BCUT2D eigenvalue weighted by molar-refractivity contribution is 6.31. The van der Waals surface area contributed by atoms with Gasteiger partial charge in [-0.25, -0.2) is 18.4 Å². The fourth-order valence-electron chi connectivity index (χ4n) is 5.12. The van der Waals surface area contributed by atoms with Crippen LogP contribution in [0.3, 0.4) is 0 Å². The van der Waals surface area contributed by atoms with Gasteiger partial charge in [-0.1, -0.05) is 11.6 Å². The van der Waals surface area contributed by atoms with Crippen molar-refractivity contribution in [1.29, 1.82) is 0 Å². The van der Waals surface area contributed by atoms with E-state index in [2.05, 4.69) is 10.6 Å². The van der Waals surface area contributed by atoms with Gasteiger partial charge in [0.2, 0.25) is 0 Å². The summed E-state index contributed by atoms with van der Waals surface area (Å²) in [5.41, 5.74) is -1.21. The van der Waals surface area contributed by atoms with Crippen LogP contribution in [0, 0.1) is 17.6 Å². The average Bonchev–Trinajstić information content (AvgIpc) is 3.73. The lowest BCUT2D eigenvalue weighted by Gasteiger charge is -2.33. The van der Waals surface area contributed by atoms with E-state index in [0.29, 0.717) is 25.9 Å². The smallest absolute Gasteiger partial charge is 0.331 e. The maximum atomic E-state index is 15.2. The van der Waals surface area contributed by atoms with E-state index in [4.69, 9.17) is 11.6 Å². The second-order valence-corrected chi connectivity index (χ2v) is 11.2. The summed E-state index contributed by atoms with van der Waals surface area (Å²) < 4.78 is 31.9. The summed E-state index contributed by atoms with van der Waals surface area (Å²) in [6, 6.07) is 4.68. The largest absolute Gasteiger partial charge is 0.347 e. The van der Waals surface area contributed by atoms with Gasteiger partial charge in [0, 0.05) is 42.8 Å². The fourth-order valence-corrected chi connectivity index (χ4v) is 5.29. The highest BCUT2D eigenvalue weighted by Crippen LogP contribution is 2.30. The molecule has 5 rings (SSSR count). The average molecular weight is 574 g/mol. The van der Waals surface area contributed by atoms with E-state index in [1.165, 1.54) is 32.2 Å². The van der Waals surface area contributed by atoms with Crippen molar-refractivity contribution in [3.05, 3.63) is 73.4 Å². The number of carbonyl (C=O) groups excluding carboxylic acids is 2. The number of benzene rings is 2. The minimum absolute atomic E-state index is 0.121. The Labute approximate surface area is 233 Å². The number of amides is 3. The Balaban J connectivity index is 1.36. The predicted octanol–water partition coefficient (Wildman–Crippen LogP) is 4.51. The van der Waals surface area contributed by atoms with Crippen LogP contribution in [0.15, 0.2) is 39.9 Å². The summed E-state index contributed by atoms with van der Waals surface area (Å²) in [6.07, 6.45) is 3.02. The SMILES string of the molecule is CC(C)n1c(=O)n(CC2CC2)c(=O)c2cc(NC(=O)N3CCC[C@@H](NC(=O)c4cc(Cl)ccc4F)C3)c(F)cc21. The number of aromatic nitrogens is 2. The van der Waals surface area contributed by atoms with Crippen molar-refractivity contribution in [3.63, 3.8) is 0 Å². The summed E-state index contributed by atoms with van der Waals surface area (Å²) in [5, 5.41) is 5.64. The van der Waals surface area contributed by atoms with Crippen LogP contribution >= 0.6 is 11.6 Å². The normalized spacial score (nSPS) is 17.4. The molecule has 12 heteroatoms. The van der Waals surface area contributed by atoms with Crippen molar-refractivity contribution in [3.8, 4) is 0 Å². The summed E-state index contributed by atoms with van der Waals surface area (Å²) in [6.45, 7) is 4.36. The molecule has 1 saturated carbocycles. The summed E-state index contributed by atoms with van der Waals surface area (Å²) in [4.78, 5) is 53.5. The first-order valence-electron chi connectivity index (χ1n) is 13.3. The third kappa shape index (κ3) is 5.60. The molecular weight excluding hydrogens is 544 g/mol. The van der Waals surface area contributed by atoms with Crippen molar-refractivity contribution < 1.29 is 18.4 Å². The van der Waals surface area contributed by atoms with E-state index < -0.39 is 40.9 Å². The molecule has 3 aromatic rings. The lowest BCUT2D eigenvalue weighted by Crippen LogP contribution is -2.50. The number of nitrogens with one attached hydrogen (secondary N) is 2. The third-order valence-electron chi connectivity index (χ3n) is 7.37. The van der Waals surface area contributed by atoms with Gasteiger partial charge in [-0.3, -0.25) is 18.7 Å². The first-order valence-corrected chi connectivity index (χ1v) is 13.7. The van der Waals surface area contributed by atoms with E-state index in [-0.39, 0.29) is 45.7 Å². The number of likely N-dealkylation sites (tertiary alicyclic amines) is 1. The lowest BCUT2D eigenvalue weighted by molar-refractivity contribution is 0.0909. The minimum atomic E-state index is -0.785. The van der Waals surface area contributed by atoms with Gasteiger partial charge in [-0.05, 0) is 69.7 Å². The molecule has 2 heterocycles. The fraction of sp³-hybridized carbons (Fsp3) is 0.429. The first-order chi connectivity index (χ1) is 19.0. The number of anilines is 1. The Morgan fingerprint density at radius 2 is 1.82 bits per heavy atom. The van der Waals surface area contributed by atoms with Crippen molar-refractivity contribution in [2.75, 3.05) is 18.4 Å². The molecule has 0 radical (unpaired) electrons. The monoisotopic (exact) mass is 573 g/mol. The molecule has 1 aliphatic carbocycles. The standard InChI is InChI=1S/C28H30ClF2N5O4/c1-15(2)36-24-12-22(31)23(11-20(24)26(38)35(28(36)40)13-16-5-6-16)33-27(39)34-9-3-4-18(14-34)32-25(37)19-10-17(29)7-8-21(19)30/h7-8,10-12,15-16,18H,3-6,9,13-14H2,1-2H3,(H,32,37)(H,33,39)/t18-/m1/s1. The highest BCUT2D eigenvalue weighted by atomic mass is 35.5. The number of fused-ring (bicyclic) bond motifs is 1. The van der Waals surface area contributed by atoms with E-state index in [1.54, 1.807) is 13.8 Å². The van der Waals surface area contributed by atoms with Crippen LogP contribution in [0.25, 0.3) is 10.9 Å². The van der Waals surface area contributed by atoms with Crippen molar-refractivity contribution in [2.24, 2.45) is 5.92 Å². The molecule has 3 amide bonds. The molecule has 40 heavy (non-hydrogen) atoms. The maximum Gasteiger partial charge on any atom is 0.331 e. The summed E-state index contributed by atoms with van der Waals surface area (Å²) in [5.74, 6) is -1.87. The Morgan fingerprint density at radius 3 is 2.52 bits per heavy atom. The molecule has 1 aromatic heterocycles. The lowest BCUT2D eigenvalue weighted by atomic mass is 10.1. The van der Waals surface area contributed by atoms with Crippen LogP contribution in [0.1, 0.15) is 55.9 Å². The van der Waals surface area contributed by atoms with E-state index in [0.717, 1.165) is 25.0 Å². The van der Waals surface area contributed by atoms with Gasteiger partial charge >= 0.3 is 11.7 Å². The summed E-state index contributed by atoms with van der Waals surface area (Å²) in [7, 11) is 0. The van der Waals surface area contributed by atoms with Crippen LogP contribution in [-0.2, 0) is 6.54 Å². The van der Waals surface area contributed by atoms with Gasteiger partial charge in [0.1, 0.15) is 11.6 Å². The number of carbonyl (C=O) groups is 2. The van der Waals surface area contributed by atoms with Crippen LogP contribution in [-0.4, -0.2) is 45.1 Å². The zero-order chi connectivity index (χ0) is 28.7. The predicted molar refractivity (Wildman–Crippen MR) is 148 cm³/mol. The third-order valence-corrected chi connectivity index (χ3v) is 7.61. The van der Waals surface area contributed by atoms with Gasteiger partial charge in [0.25, 0.3) is 11.5 Å². The van der Waals surface area contributed by atoms with Gasteiger partial charge in [0.15, 0.2) is 0 Å². The van der Waals surface area contributed by atoms with Gasteiger partial charge in [-0.15, -0.1) is 0 Å². The number of piperidine rings is 1. The minimum Gasteiger partial charge on any atom is -0.347 e. The highest BCUT2D eigenvalue weighted by Gasteiger charge is 2.28. The molecule has 2 aliphatic rings. The van der Waals surface area contributed by atoms with Crippen LogP contribution in [0.5, 0.6) is 0 Å². The molecule has 2 N–H and O–H groups in total. The molecule has 0 bridgehead atoms. The molecule has 9 nitrogen and oxygen atoms in total. The second-order valence-electron chi connectivity index (χ2n) is 10.8. The number of rotatable bonds is 6. The van der Waals surface area contributed by atoms with Gasteiger partial charge in [-0.2, -0.15) is 0 Å². The van der Waals surface area contributed by atoms with E-state index in [1.807, 2.05) is 0 Å². The first kappa shape index (κ1) is 27.8. The molecule has 1 atom stereocenters. The van der Waals surface area contributed by atoms with Gasteiger partial charge in [0.05, 0.1) is 22.2 Å². The quantitative estimate of drug-likeness (QED) is 0.452. The van der Waals surface area contributed by atoms with Crippen molar-refractivity contribution in [2.45, 2.75) is 58.2 Å². The Hall–Kier alpha value is -3.73. The molecule has 2 fully saturated rings. The molecule has 212 valence electrons. The van der Waals surface area contributed by atoms with Crippen LogP contribution in [0.4, 0.5) is 19.3 Å². The number of urea groups is 1. The molecular formula is C28H30ClF2N5O4. The molecule has 1 saturated heterocycles. The Morgan fingerprint density at radius 1 is 1.07 bits per heavy atom. The maximum absolute atomic E-state index is 15.2. The zero-order valence-electron chi connectivity index (χ0n) is 22.2. The molecule has 0 spiro atoms. The van der Waals surface area contributed by atoms with Crippen LogP contribution < -0.4 is 21.9 Å². The zero-order valence-corrected chi connectivity index (χ0v) is 22.9. The Bertz CT molecular complexity index is 1610. The van der Waals surface area contributed by atoms with Crippen LogP contribution in [0.2, 0.25) is 5.02 Å². The molecule has 1 aliphatic heterocycles. The number of hydrogen-bond donors (Lipinski definition) is 2. The number of nitrogens with zero attached hydrogens (tertiary/aromatic N) is 3. The molecule has 2 aromatic carbocycles.